The minimum atomic E-state index is 0.577. The lowest BCUT2D eigenvalue weighted by atomic mass is 10.3. The van der Waals surface area contributed by atoms with Gasteiger partial charge in [0.2, 0.25) is 0 Å². The first-order valence-corrected chi connectivity index (χ1v) is 4.13. The smallest absolute Gasteiger partial charge is 0.112 e. The Morgan fingerprint density at radius 1 is 1.60 bits per heavy atom. The lowest BCUT2D eigenvalue weighted by molar-refractivity contribution is 0.378. The lowest BCUT2D eigenvalue weighted by Gasteiger charge is -2.22. The Bertz CT molecular complexity index is 143. The zero-order valence-corrected chi connectivity index (χ0v) is 7.43. The van der Waals surface area contributed by atoms with Crippen molar-refractivity contribution in [2.45, 2.75) is 32.7 Å². The maximum atomic E-state index is 3.93. The van der Waals surface area contributed by atoms with Gasteiger partial charge in [-0.25, -0.2) is 4.40 Å². The number of nitrogens with zero attached hydrogens (tertiary/aromatic N) is 2. The van der Waals surface area contributed by atoms with Crippen LogP contribution in [0.3, 0.4) is 0 Å². The van der Waals surface area contributed by atoms with Gasteiger partial charge in [-0.05, 0) is 33.1 Å². The van der Waals surface area contributed by atoms with E-state index >= 15 is 0 Å². The molecule has 3 heteroatoms. The van der Waals surface area contributed by atoms with Crippen molar-refractivity contribution in [3.8, 4) is 0 Å². The highest BCUT2D eigenvalue weighted by molar-refractivity contribution is 7.79. The zero-order chi connectivity index (χ0) is 7.56. The summed E-state index contributed by atoms with van der Waals surface area (Å²) in [6, 6.07) is 0.577. The van der Waals surface area contributed by atoms with Crippen LogP contribution in [0.1, 0.15) is 26.7 Å². The summed E-state index contributed by atoms with van der Waals surface area (Å²) in [6.45, 7) is 5.52. The van der Waals surface area contributed by atoms with Crippen LogP contribution in [0, 0.1) is 0 Å². The summed E-state index contributed by atoms with van der Waals surface area (Å²) >= 11 is 3.92. The average molecular weight is 158 g/mol. The van der Waals surface area contributed by atoms with Gasteiger partial charge in [-0.1, -0.05) is 0 Å². The predicted octanol–water partition coefficient (Wildman–Crippen LogP) is 1.73. The summed E-state index contributed by atoms with van der Waals surface area (Å²) in [7, 11) is 0. The summed E-state index contributed by atoms with van der Waals surface area (Å²) in [5, 5.41) is 0. The van der Waals surface area contributed by atoms with Gasteiger partial charge in [-0.3, -0.25) is 0 Å². The third-order valence-electron chi connectivity index (χ3n) is 1.87. The first-order valence-electron chi connectivity index (χ1n) is 3.73. The summed E-state index contributed by atoms with van der Waals surface area (Å²) in [5.41, 5.74) is 0. The molecule has 0 saturated carbocycles. The van der Waals surface area contributed by atoms with Gasteiger partial charge in [-0.15, -0.1) is 0 Å². The van der Waals surface area contributed by atoms with Gasteiger partial charge in [0, 0.05) is 19.0 Å². The fourth-order valence-electron chi connectivity index (χ4n) is 1.34. The highest BCUT2D eigenvalue weighted by Crippen LogP contribution is 2.14. The minimum absolute atomic E-state index is 0.577. The molecule has 1 heterocycles. The second-order valence-electron chi connectivity index (χ2n) is 2.91. The van der Waals surface area contributed by atoms with E-state index in [-0.39, 0.29) is 0 Å². The van der Waals surface area contributed by atoms with E-state index in [0.717, 1.165) is 18.8 Å². The molecule has 0 aromatic carbocycles. The Hall–Kier alpha value is -0.180. The number of amidine groups is 1. The van der Waals surface area contributed by atoms with Crippen molar-refractivity contribution in [2.24, 2.45) is 4.40 Å². The van der Waals surface area contributed by atoms with Crippen LogP contribution in [0.15, 0.2) is 4.40 Å². The van der Waals surface area contributed by atoms with Crippen LogP contribution in [-0.2, 0) is 0 Å². The molecule has 1 aliphatic heterocycles. The van der Waals surface area contributed by atoms with Crippen molar-refractivity contribution in [1.82, 2.24) is 4.90 Å². The summed E-state index contributed by atoms with van der Waals surface area (Å²) in [5.74, 6) is 1.15. The molecule has 10 heavy (non-hydrogen) atoms. The molecule has 1 aliphatic rings. The lowest BCUT2D eigenvalue weighted by Crippen LogP contribution is -2.31. The highest BCUT2D eigenvalue weighted by Gasteiger charge is 2.19. The molecule has 0 bridgehead atoms. The maximum absolute atomic E-state index is 3.93. The molecular weight excluding hydrogens is 144 g/mol. The summed E-state index contributed by atoms with van der Waals surface area (Å²) in [6.07, 6.45) is 2.33. The topological polar surface area (TPSA) is 15.6 Å². The molecule has 1 rings (SSSR count). The third-order valence-corrected chi connectivity index (χ3v) is 2.10. The van der Waals surface area contributed by atoms with Gasteiger partial charge in [0.1, 0.15) is 5.84 Å². The first kappa shape index (κ1) is 7.92. The first-order chi connectivity index (χ1) is 4.75. The Kier molecular flexibility index (Phi) is 2.60. The fourth-order valence-corrected chi connectivity index (χ4v) is 1.56. The molecule has 58 valence electrons. The summed E-state index contributed by atoms with van der Waals surface area (Å²) < 4.78 is 3.93. The fraction of sp³-hybridized carbons (Fsp3) is 0.857. The molecular formula is C7H14N2S. The molecule has 0 radical (unpaired) electrons. The Labute approximate surface area is 67.9 Å². The van der Waals surface area contributed by atoms with Crippen LogP contribution in [-0.4, -0.2) is 23.3 Å². The van der Waals surface area contributed by atoms with E-state index in [0.29, 0.717) is 6.04 Å². The van der Waals surface area contributed by atoms with Crippen LogP contribution >= 0.6 is 12.8 Å². The molecule has 1 saturated heterocycles. The molecule has 0 unspecified atom stereocenters. The van der Waals surface area contributed by atoms with E-state index in [2.05, 4.69) is 36.0 Å². The Morgan fingerprint density at radius 2 is 2.30 bits per heavy atom. The second-order valence-corrected chi connectivity index (χ2v) is 3.11. The molecule has 1 fully saturated rings. The van der Waals surface area contributed by atoms with Crippen molar-refractivity contribution < 1.29 is 0 Å². The van der Waals surface area contributed by atoms with Gasteiger partial charge in [0.25, 0.3) is 0 Å². The molecule has 0 aliphatic carbocycles. The van der Waals surface area contributed by atoms with Crippen molar-refractivity contribution >= 4 is 18.7 Å². The number of hydrogen-bond acceptors (Lipinski definition) is 2. The van der Waals surface area contributed by atoms with E-state index in [4.69, 9.17) is 0 Å². The van der Waals surface area contributed by atoms with Gasteiger partial charge in [0.15, 0.2) is 0 Å². The van der Waals surface area contributed by atoms with Crippen molar-refractivity contribution in [3.05, 3.63) is 0 Å². The third kappa shape index (κ3) is 1.45. The molecule has 0 spiro atoms. The van der Waals surface area contributed by atoms with E-state index in [1.54, 1.807) is 0 Å². The van der Waals surface area contributed by atoms with Crippen molar-refractivity contribution in [3.63, 3.8) is 0 Å². The molecule has 0 atom stereocenters. The zero-order valence-electron chi connectivity index (χ0n) is 6.54. The van der Waals surface area contributed by atoms with Gasteiger partial charge < -0.3 is 4.90 Å². The quantitative estimate of drug-likeness (QED) is 0.575. The van der Waals surface area contributed by atoms with E-state index < -0.39 is 0 Å². The van der Waals surface area contributed by atoms with Crippen LogP contribution in [0.5, 0.6) is 0 Å². The average Bonchev–Trinajstić information content (AvgIpc) is 2.33. The van der Waals surface area contributed by atoms with Gasteiger partial charge >= 0.3 is 0 Å². The SMILES string of the molecule is CC(C)N1CCCC1=NS. The Balaban J connectivity index is 2.59. The van der Waals surface area contributed by atoms with E-state index in [1.807, 2.05) is 0 Å². The van der Waals surface area contributed by atoms with Crippen LogP contribution in [0.2, 0.25) is 0 Å². The van der Waals surface area contributed by atoms with Gasteiger partial charge in [-0.2, -0.15) is 0 Å². The molecule has 0 aromatic rings. The standard InChI is InChI=1S/C7H14N2S/c1-6(2)9-5-3-4-7(9)8-10/h6,10H,3-5H2,1-2H3. The van der Waals surface area contributed by atoms with Crippen LogP contribution < -0.4 is 0 Å². The normalized spacial score (nSPS) is 23.2. The van der Waals surface area contributed by atoms with Crippen LogP contribution in [0.4, 0.5) is 0 Å². The van der Waals surface area contributed by atoms with Gasteiger partial charge in [0.05, 0.1) is 0 Å². The van der Waals surface area contributed by atoms with E-state index in [9.17, 15) is 0 Å². The predicted molar refractivity (Wildman–Crippen MR) is 47.5 cm³/mol. The molecule has 0 N–H and O–H groups in total. The maximum Gasteiger partial charge on any atom is 0.112 e. The van der Waals surface area contributed by atoms with E-state index in [1.165, 1.54) is 6.42 Å². The van der Waals surface area contributed by atoms with Crippen molar-refractivity contribution in [2.75, 3.05) is 6.54 Å². The second kappa shape index (κ2) is 3.28. The largest absolute Gasteiger partial charge is 0.357 e. The Morgan fingerprint density at radius 3 is 2.70 bits per heavy atom. The number of rotatable bonds is 1. The molecule has 0 amide bonds. The monoisotopic (exact) mass is 158 g/mol. The minimum Gasteiger partial charge on any atom is -0.357 e. The molecule has 2 nitrogen and oxygen atoms in total. The number of likely N-dealkylation sites (tertiary alicyclic amines) is 1. The van der Waals surface area contributed by atoms with Crippen LogP contribution in [0.25, 0.3) is 0 Å². The number of thiol groups is 1. The van der Waals surface area contributed by atoms with Crippen molar-refractivity contribution in [1.29, 1.82) is 0 Å². The number of hydrogen-bond donors (Lipinski definition) is 1. The summed E-state index contributed by atoms with van der Waals surface area (Å²) in [4.78, 5) is 2.30. The highest BCUT2D eigenvalue weighted by atomic mass is 32.1. The molecule has 0 aromatic heterocycles.